The van der Waals surface area contributed by atoms with Gasteiger partial charge in [-0.1, -0.05) is 6.07 Å². The van der Waals surface area contributed by atoms with Crippen molar-refractivity contribution in [1.29, 1.82) is 0 Å². The molecule has 1 aromatic carbocycles. The van der Waals surface area contributed by atoms with E-state index in [0.717, 1.165) is 48.5 Å². The second-order valence-electron chi connectivity index (χ2n) is 6.14. The van der Waals surface area contributed by atoms with E-state index in [1.54, 1.807) is 0 Å². The Bertz CT molecular complexity index is 659. The monoisotopic (exact) mass is 284 g/mol. The van der Waals surface area contributed by atoms with Crippen molar-refractivity contribution in [3.8, 4) is 0 Å². The molecule has 2 aliphatic rings. The second kappa shape index (κ2) is 4.97. The third-order valence-electron chi connectivity index (χ3n) is 4.88. The molecule has 2 saturated heterocycles. The molecule has 0 amide bonds. The highest BCUT2D eigenvalue weighted by molar-refractivity contribution is 5.81. The predicted molar refractivity (Wildman–Crippen MR) is 82.4 cm³/mol. The van der Waals surface area contributed by atoms with Crippen LogP contribution in [0.15, 0.2) is 30.3 Å². The Labute approximate surface area is 124 Å². The first kappa shape index (κ1) is 13.0. The molecule has 4 nitrogen and oxygen atoms in total. The molecular weight excluding hydrogens is 264 g/mol. The van der Waals surface area contributed by atoms with Gasteiger partial charge >= 0.3 is 0 Å². The summed E-state index contributed by atoms with van der Waals surface area (Å²) in [7, 11) is 0. The lowest BCUT2D eigenvalue weighted by molar-refractivity contribution is 0.178. The highest BCUT2D eigenvalue weighted by atomic mass is 16.5. The van der Waals surface area contributed by atoms with Crippen LogP contribution in [0.5, 0.6) is 0 Å². The highest BCUT2D eigenvalue weighted by Crippen LogP contribution is 2.39. The maximum Gasteiger partial charge on any atom is 0.129 e. The number of pyridine rings is 1. The molecule has 0 saturated carbocycles. The van der Waals surface area contributed by atoms with Crippen molar-refractivity contribution in [3.63, 3.8) is 0 Å². The number of benzene rings is 1. The average molecular weight is 284 g/mol. The van der Waals surface area contributed by atoms with E-state index in [-0.39, 0.29) is 12.1 Å². The number of anilines is 1. The summed E-state index contributed by atoms with van der Waals surface area (Å²) in [4.78, 5) is 7.28. The fraction of sp³-hybridized carbons (Fsp3) is 0.471. The molecule has 0 radical (unpaired) electrons. The zero-order chi connectivity index (χ0) is 14.3. The van der Waals surface area contributed by atoms with Crippen molar-refractivity contribution >= 4 is 16.7 Å². The minimum atomic E-state index is 0.0737. The maximum absolute atomic E-state index is 9.22. The smallest absolute Gasteiger partial charge is 0.129 e. The Morgan fingerprint density at radius 3 is 3.00 bits per heavy atom. The molecule has 21 heavy (non-hydrogen) atoms. The average Bonchev–Trinajstić information content (AvgIpc) is 3.17. The minimum Gasteiger partial charge on any atom is -0.392 e. The van der Waals surface area contributed by atoms with Crippen molar-refractivity contribution in [2.75, 3.05) is 24.7 Å². The number of aromatic nitrogens is 1. The summed E-state index contributed by atoms with van der Waals surface area (Å²) in [5.41, 5.74) is 2.09. The number of aliphatic hydroxyl groups is 1. The van der Waals surface area contributed by atoms with Gasteiger partial charge in [0.15, 0.2) is 0 Å². The zero-order valence-electron chi connectivity index (χ0n) is 12.1. The molecule has 4 heteroatoms. The van der Waals surface area contributed by atoms with E-state index in [4.69, 9.17) is 9.72 Å². The van der Waals surface area contributed by atoms with Crippen molar-refractivity contribution in [1.82, 2.24) is 4.98 Å². The summed E-state index contributed by atoms with van der Waals surface area (Å²) in [6.07, 6.45) is 3.53. The Hall–Kier alpha value is -1.65. The van der Waals surface area contributed by atoms with Crippen LogP contribution in [0.4, 0.5) is 5.82 Å². The summed E-state index contributed by atoms with van der Waals surface area (Å²) in [5, 5.41) is 10.3. The van der Waals surface area contributed by atoms with Crippen LogP contribution in [0.25, 0.3) is 10.9 Å². The van der Waals surface area contributed by atoms with Crippen molar-refractivity contribution < 1.29 is 9.84 Å². The van der Waals surface area contributed by atoms with Gasteiger partial charge in [0.2, 0.25) is 0 Å². The van der Waals surface area contributed by atoms with Gasteiger partial charge in [-0.25, -0.2) is 4.98 Å². The summed E-state index contributed by atoms with van der Waals surface area (Å²) >= 11 is 0. The van der Waals surface area contributed by atoms with E-state index in [9.17, 15) is 5.11 Å². The van der Waals surface area contributed by atoms with E-state index in [0.29, 0.717) is 0 Å². The first-order valence-corrected chi connectivity index (χ1v) is 7.67. The first-order chi connectivity index (χ1) is 10.3. The van der Waals surface area contributed by atoms with Crippen LogP contribution in [0.3, 0.4) is 0 Å². The highest BCUT2D eigenvalue weighted by Gasteiger charge is 2.44. The molecular formula is C17H20N2O2. The van der Waals surface area contributed by atoms with Crippen molar-refractivity contribution in [2.24, 2.45) is 0 Å². The number of nitrogens with zero attached hydrogens (tertiary/aromatic N) is 2. The molecule has 4 rings (SSSR count). The first-order valence-electron chi connectivity index (χ1n) is 7.67. The number of hydrogen-bond donors (Lipinski definition) is 1. The van der Waals surface area contributed by atoms with Crippen LogP contribution in [0, 0.1) is 0 Å². The van der Waals surface area contributed by atoms with Gasteiger partial charge in [-0.3, -0.25) is 0 Å². The lowest BCUT2D eigenvalue weighted by Crippen LogP contribution is -2.45. The Balaban J connectivity index is 1.73. The van der Waals surface area contributed by atoms with Crippen LogP contribution in [0.2, 0.25) is 0 Å². The van der Waals surface area contributed by atoms with Crippen LogP contribution in [0.1, 0.15) is 24.8 Å². The molecule has 1 atom stereocenters. The molecule has 2 fully saturated rings. The van der Waals surface area contributed by atoms with Crippen molar-refractivity contribution in [3.05, 3.63) is 35.9 Å². The van der Waals surface area contributed by atoms with Gasteiger partial charge in [-0.05, 0) is 49.1 Å². The molecule has 1 aromatic heterocycles. The predicted octanol–water partition coefficient (Wildman–Crippen LogP) is 2.49. The molecule has 0 unspecified atom stereocenters. The van der Waals surface area contributed by atoms with Crippen molar-refractivity contribution in [2.45, 2.75) is 31.4 Å². The number of hydrogen-bond acceptors (Lipinski definition) is 4. The Morgan fingerprint density at radius 2 is 2.19 bits per heavy atom. The molecule has 0 aliphatic carbocycles. The summed E-state index contributed by atoms with van der Waals surface area (Å²) in [6.45, 7) is 2.83. The van der Waals surface area contributed by atoms with Crippen LogP contribution >= 0.6 is 0 Å². The SMILES string of the molecule is OCc1ccc2nc(N3CCC[C@]34CCOC4)ccc2c1. The fourth-order valence-corrected chi connectivity index (χ4v) is 3.72. The standard InChI is InChI=1S/C17H20N2O2/c20-11-13-2-4-15-14(10-13)3-5-16(18-15)19-8-1-6-17(19)7-9-21-12-17/h2-5,10,20H,1,6-9,11-12H2/t17-/m1/s1. The Morgan fingerprint density at radius 1 is 1.24 bits per heavy atom. The molecule has 2 aliphatic heterocycles. The fourth-order valence-electron chi connectivity index (χ4n) is 3.72. The summed E-state index contributed by atoms with van der Waals surface area (Å²) in [6, 6.07) is 10.2. The van der Waals surface area contributed by atoms with E-state index >= 15 is 0 Å². The number of rotatable bonds is 2. The topological polar surface area (TPSA) is 45.6 Å². The minimum absolute atomic E-state index is 0.0737. The lowest BCUT2D eigenvalue weighted by atomic mass is 9.95. The molecule has 3 heterocycles. The van der Waals surface area contributed by atoms with Gasteiger partial charge in [0.05, 0.1) is 24.3 Å². The summed E-state index contributed by atoms with van der Waals surface area (Å²) < 4.78 is 5.65. The van der Waals surface area contributed by atoms with Gasteiger partial charge in [0, 0.05) is 18.5 Å². The molecule has 110 valence electrons. The second-order valence-corrected chi connectivity index (χ2v) is 6.14. The van der Waals surface area contributed by atoms with E-state index < -0.39 is 0 Å². The van der Waals surface area contributed by atoms with E-state index in [1.807, 2.05) is 18.2 Å². The van der Waals surface area contributed by atoms with Gasteiger partial charge in [0.1, 0.15) is 5.82 Å². The van der Waals surface area contributed by atoms with E-state index in [1.165, 1.54) is 12.8 Å². The molecule has 1 N–H and O–H groups in total. The van der Waals surface area contributed by atoms with Crippen LogP contribution in [-0.4, -0.2) is 35.4 Å². The Kier molecular flexibility index (Phi) is 3.08. The number of aliphatic hydroxyl groups excluding tert-OH is 1. The lowest BCUT2D eigenvalue weighted by Gasteiger charge is -2.34. The maximum atomic E-state index is 9.22. The molecule has 2 aromatic rings. The normalized spacial score (nSPS) is 25.3. The van der Waals surface area contributed by atoms with Gasteiger partial charge < -0.3 is 14.7 Å². The largest absolute Gasteiger partial charge is 0.392 e. The third kappa shape index (κ3) is 2.10. The number of ether oxygens (including phenoxy) is 1. The molecule has 1 spiro atoms. The molecule has 0 bridgehead atoms. The van der Waals surface area contributed by atoms with Gasteiger partial charge in [-0.15, -0.1) is 0 Å². The third-order valence-corrected chi connectivity index (χ3v) is 4.88. The van der Waals surface area contributed by atoms with Crippen LogP contribution in [-0.2, 0) is 11.3 Å². The van der Waals surface area contributed by atoms with Gasteiger partial charge in [0.25, 0.3) is 0 Å². The van der Waals surface area contributed by atoms with E-state index in [2.05, 4.69) is 17.0 Å². The van der Waals surface area contributed by atoms with Gasteiger partial charge in [-0.2, -0.15) is 0 Å². The summed E-state index contributed by atoms with van der Waals surface area (Å²) in [5.74, 6) is 1.06. The van der Waals surface area contributed by atoms with Crippen LogP contribution < -0.4 is 4.90 Å². The zero-order valence-corrected chi connectivity index (χ0v) is 12.1. The number of fused-ring (bicyclic) bond motifs is 1. The quantitative estimate of drug-likeness (QED) is 0.920.